The molecular weight excluding hydrogens is 250 g/mol. The van der Waals surface area contributed by atoms with Crippen LogP contribution in [0.2, 0.25) is 0 Å². The van der Waals surface area contributed by atoms with E-state index in [1.807, 2.05) is 20.8 Å². The van der Waals surface area contributed by atoms with Gasteiger partial charge in [-0.2, -0.15) is 0 Å². The molecule has 0 bridgehead atoms. The molecule has 0 spiro atoms. The number of nitrogens with one attached hydrogen (secondary N) is 2. The fourth-order valence-electron chi connectivity index (χ4n) is 2.67. The van der Waals surface area contributed by atoms with Crippen LogP contribution < -0.4 is 10.9 Å². The molecule has 1 aromatic heterocycles. The number of H-pyrrole nitrogens is 1. The first kappa shape index (κ1) is 16.9. The summed E-state index contributed by atoms with van der Waals surface area (Å²) in [6.07, 6.45) is 3.62. The highest BCUT2D eigenvalue weighted by molar-refractivity contribution is 5.20. The number of hydrogen-bond acceptors (Lipinski definition) is 3. The van der Waals surface area contributed by atoms with Crippen molar-refractivity contribution >= 4 is 0 Å². The summed E-state index contributed by atoms with van der Waals surface area (Å²) in [5.41, 5.74) is 1.55. The van der Waals surface area contributed by atoms with Gasteiger partial charge < -0.3 is 10.3 Å². The molecule has 0 saturated carbocycles. The Morgan fingerprint density at radius 1 is 1.15 bits per heavy atom. The van der Waals surface area contributed by atoms with E-state index >= 15 is 0 Å². The van der Waals surface area contributed by atoms with E-state index in [1.54, 1.807) is 0 Å². The third-order valence-corrected chi connectivity index (χ3v) is 3.65. The van der Waals surface area contributed by atoms with E-state index in [9.17, 15) is 4.79 Å². The number of aromatic nitrogens is 2. The summed E-state index contributed by atoms with van der Waals surface area (Å²) in [5, 5.41) is 3.51. The maximum Gasteiger partial charge on any atom is 0.255 e. The second-order valence-electron chi connectivity index (χ2n) is 6.26. The van der Waals surface area contributed by atoms with Crippen LogP contribution in [-0.2, 0) is 0 Å². The molecule has 4 heteroatoms. The molecule has 0 aliphatic carbocycles. The average Bonchev–Trinajstić information content (AvgIpc) is 2.26. The quantitative estimate of drug-likeness (QED) is 0.805. The standard InChI is InChI=1S/C16H29N3O/c1-10(2)8-7-9-11(3)17-12(4)15-13(5)18-14(6)19-16(15)20/h10-12,17H,7-9H2,1-6H3,(H,18,19,20). The summed E-state index contributed by atoms with van der Waals surface area (Å²) >= 11 is 0. The van der Waals surface area contributed by atoms with Gasteiger partial charge in [-0.05, 0) is 40.0 Å². The number of aromatic amines is 1. The van der Waals surface area contributed by atoms with Crippen LogP contribution in [0.3, 0.4) is 0 Å². The first-order valence-corrected chi connectivity index (χ1v) is 7.64. The molecule has 0 aromatic carbocycles. The Morgan fingerprint density at radius 2 is 1.80 bits per heavy atom. The number of aryl methyl sites for hydroxylation is 2. The Bertz CT molecular complexity index is 479. The molecule has 0 radical (unpaired) electrons. The summed E-state index contributed by atoms with van der Waals surface area (Å²) in [6, 6.07) is 0.435. The van der Waals surface area contributed by atoms with Crippen molar-refractivity contribution < 1.29 is 0 Å². The van der Waals surface area contributed by atoms with Gasteiger partial charge in [0.05, 0.1) is 5.56 Å². The first-order chi connectivity index (χ1) is 9.31. The van der Waals surface area contributed by atoms with Gasteiger partial charge >= 0.3 is 0 Å². The maximum atomic E-state index is 12.1. The van der Waals surface area contributed by atoms with E-state index in [-0.39, 0.29) is 11.6 Å². The zero-order chi connectivity index (χ0) is 15.3. The van der Waals surface area contributed by atoms with Gasteiger partial charge in [0.25, 0.3) is 5.56 Å². The van der Waals surface area contributed by atoms with Crippen LogP contribution in [0.25, 0.3) is 0 Å². The van der Waals surface area contributed by atoms with Crippen molar-refractivity contribution in [3.8, 4) is 0 Å². The monoisotopic (exact) mass is 279 g/mol. The predicted molar refractivity (Wildman–Crippen MR) is 84.0 cm³/mol. The molecule has 2 atom stereocenters. The third-order valence-electron chi connectivity index (χ3n) is 3.65. The molecule has 1 rings (SSSR count). The van der Waals surface area contributed by atoms with Crippen LogP contribution in [-0.4, -0.2) is 16.0 Å². The van der Waals surface area contributed by atoms with Crippen molar-refractivity contribution in [1.29, 1.82) is 0 Å². The normalized spacial score (nSPS) is 14.6. The Kier molecular flexibility index (Phi) is 6.40. The molecule has 4 nitrogen and oxygen atoms in total. The molecule has 1 aromatic rings. The number of rotatable bonds is 7. The minimum Gasteiger partial charge on any atom is -0.310 e. The molecule has 2 unspecified atom stereocenters. The van der Waals surface area contributed by atoms with Gasteiger partial charge in [-0.15, -0.1) is 0 Å². The minimum atomic E-state index is -0.0237. The Balaban J connectivity index is 2.63. The van der Waals surface area contributed by atoms with Gasteiger partial charge in [0, 0.05) is 17.8 Å². The largest absolute Gasteiger partial charge is 0.310 e. The smallest absolute Gasteiger partial charge is 0.255 e. The van der Waals surface area contributed by atoms with Crippen LogP contribution >= 0.6 is 0 Å². The highest BCUT2D eigenvalue weighted by atomic mass is 16.1. The predicted octanol–water partition coefficient (Wildman–Crippen LogP) is 3.25. The lowest BCUT2D eigenvalue weighted by molar-refractivity contribution is 0.421. The van der Waals surface area contributed by atoms with Crippen molar-refractivity contribution in [2.24, 2.45) is 5.92 Å². The second kappa shape index (κ2) is 7.58. The molecule has 0 aliphatic rings. The molecule has 1 heterocycles. The lowest BCUT2D eigenvalue weighted by Gasteiger charge is -2.21. The van der Waals surface area contributed by atoms with Crippen LogP contribution in [0.5, 0.6) is 0 Å². The van der Waals surface area contributed by atoms with Gasteiger partial charge in [0.1, 0.15) is 5.82 Å². The summed E-state index contributed by atoms with van der Waals surface area (Å²) < 4.78 is 0. The number of hydrogen-bond donors (Lipinski definition) is 2. The van der Waals surface area contributed by atoms with Gasteiger partial charge in [-0.1, -0.05) is 26.7 Å². The Morgan fingerprint density at radius 3 is 2.35 bits per heavy atom. The number of nitrogens with zero attached hydrogens (tertiary/aromatic N) is 1. The van der Waals surface area contributed by atoms with Gasteiger partial charge in [0.2, 0.25) is 0 Å². The molecular formula is C16H29N3O. The van der Waals surface area contributed by atoms with E-state index in [0.29, 0.717) is 11.9 Å². The summed E-state index contributed by atoms with van der Waals surface area (Å²) in [5.74, 6) is 1.43. The Hall–Kier alpha value is -1.16. The van der Waals surface area contributed by atoms with Crippen molar-refractivity contribution in [3.05, 3.63) is 27.4 Å². The fourth-order valence-corrected chi connectivity index (χ4v) is 2.67. The zero-order valence-electron chi connectivity index (χ0n) is 13.7. The van der Waals surface area contributed by atoms with E-state index in [2.05, 4.69) is 36.1 Å². The first-order valence-electron chi connectivity index (χ1n) is 7.64. The van der Waals surface area contributed by atoms with Crippen molar-refractivity contribution in [2.75, 3.05) is 0 Å². The van der Waals surface area contributed by atoms with Crippen LogP contribution in [0.1, 0.15) is 70.1 Å². The fraction of sp³-hybridized carbons (Fsp3) is 0.750. The zero-order valence-corrected chi connectivity index (χ0v) is 13.7. The molecule has 2 N–H and O–H groups in total. The van der Waals surface area contributed by atoms with E-state index < -0.39 is 0 Å². The van der Waals surface area contributed by atoms with Crippen LogP contribution in [0.4, 0.5) is 0 Å². The van der Waals surface area contributed by atoms with Crippen LogP contribution in [0, 0.1) is 19.8 Å². The minimum absolute atomic E-state index is 0.0237. The molecule has 114 valence electrons. The molecule has 20 heavy (non-hydrogen) atoms. The van der Waals surface area contributed by atoms with Crippen molar-refractivity contribution in [3.63, 3.8) is 0 Å². The Labute approximate surface area is 122 Å². The molecule has 0 amide bonds. The summed E-state index contributed by atoms with van der Waals surface area (Å²) in [4.78, 5) is 19.2. The van der Waals surface area contributed by atoms with E-state index in [1.165, 1.54) is 12.8 Å². The van der Waals surface area contributed by atoms with Gasteiger partial charge in [0.15, 0.2) is 0 Å². The molecule has 0 saturated heterocycles. The maximum absolute atomic E-state index is 12.1. The third kappa shape index (κ3) is 5.08. The molecule has 0 fully saturated rings. The molecule has 0 aliphatic heterocycles. The second-order valence-corrected chi connectivity index (χ2v) is 6.26. The highest BCUT2D eigenvalue weighted by Crippen LogP contribution is 2.14. The van der Waals surface area contributed by atoms with Gasteiger partial charge in [-0.25, -0.2) is 4.98 Å². The highest BCUT2D eigenvalue weighted by Gasteiger charge is 2.16. The van der Waals surface area contributed by atoms with E-state index in [0.717, 1.165) is 23.6 Å². The topological polar surface area (TPSA) is 57.8 Å². The average molecular weight is 279 g/mol. The van der Waals surface area contributed by atoms with E-state index in [4.69, 9.17) is 0 Å². The van der Waals surface area contributed by atoms with Crippen molar-refractivity contribution in [2.45, 2.75) is 72.9 Å². The van der Waals surface area contributed by atoms with Crippen LogP contribution in [0.15, 0.2) is 4.79 Å². The van der Waals surface area contributed by atoms with Gasteiger partial charge in [-0.3, -0.25) is 4.79 Å². The summed E-state index contributed by atoms with van der Waals surface area (Å²) in [6.45, 7) is 12.4. The van der Waals surface area contributed by atoms with Crippen molar-refractivity contribution in [1.82, 2.24) is 15.3 Å². The SMILES string of the molecule is Cc1nc(C)c(C(C)NC(C)CCCC(C)C)c(=O)[nH]1. The summed E-state index contributed by atoms with van der Waals surface area (Å²) in [7, 11) is 0. The lowest BCUT2D eigenvalue weighted by atomic mass is 10.0. The lowest BCUT2D eigenvalue weighted by Crippen LogP contribution is -2.33.